The molecule has 8 aromatic rings. The average Bonchev–Trinajstić information content (AvgIpc) is 3.92. The van der Waals surface area contributed by atoms with E-state index in [1.165, 1.54) is 88.3 Å². The zero-order chi connectivity index (χ0) is 42.6. The molecular formula is C61H56Cl2Zr. The second-order valence-electron chi connectivity index (χ2n) is 19.7. The zero-order valence-corrected chi connectivity index (χ0v) is 41.8. The summed E-state index contributed by atoms with van der Waals surface area (Å²) in [5, 5.41) is 5.15. The third kappa shape index (κ3) is 8.90. The van der Waals surface area contributed by atoms with Crippen LogP contribution in [0, 0.1) is 0 Å². The van der Waals surface area contributed by atoms with E-state index in [0.29, 0.717) is 3.63 Å². The molecule has 0 bridgehead atoms. The van der Waals surface area contributed by atoms with Gasteiger partial charge in [0, 0.05) is 0 Å². The molecule has 0 saturated carbocycles. The first-order valence-corrected chi connectivity index (χ1v) is 26.4. The molecule has 0 amide bonds. The van der Waals surface area contributed by atoms with Gasteiger partial charge in [-0.25, -0.2) is 0 Å². The molecule has 0 radical (unpaired) electrons. The van der Waals surface area contributed by atoms with Gasteiger partial charge in [-0.2, -0.15) is 0 Å². The van der Waals surface area contributed by atoms with Crippen LogP contribution in [0.5, 0.6) is 0 Å². The van der Waals surface area contributed by atoms with Crippen LogP contribution in [0.4, 0.5) is 0 Å². The fourth-order valence-electron chi connectivity index (χ4n) is 10.3. The standard InChI is InChI=1S/C41H37.C15H14.C5H5.2ClH.Zr/c1-40(2,3)38-24-34-32(22-36(38)30-17-15-26-11-7-9-13-28(26)19-30)21-33-23-37(39(25-35(33)34)41(4,5)6)31-18-16-27-12-8-10-14-29(27)20-31;1-3-8-14(9-4-1)12-7-13-15-10-5-2-6-11-15;1-2-4-5-3-1;;;/h7-25H,1-6H3;1-6,8-11H,12-13H2;1-3H,4H2;2*1H;/q;;;;;+2/p-2. The Morgan fingerprint density at radius 3 is 1.30 bits per heavy atom. The van der Waals surface area contributed by atoms with Gasteiger partial charge in [0.15, 0.2) is 0 Å². The summed E-state index contributed by atoms with van der Waals surface area (Å²) >= 11 is -2.87. The van der Waals surface area contributed by atoms with Crippen LogP contribution in [0.3, 0.4) is 0 Å². The molecule has 0 atom stereocenters. The molecule has 2 aliphatic carbocycles. The van der Waals surface area contributed by atoms with Crippen LogP contribution in [0.15, 0.2) is 191 Å². The van der Waals surface area contributed by atoms with E-state index in [0.717, 1.165) is 19.3 Å². The topological polar surface area (TPSA) is 0 Å². The molecule has 0 aliphatic heterocycles. The van der Waals surface area contributed by atoms with Gasteiger partial charge in [0.1, 0.15) is 0 Å². The second kappa shape index (κ2) is 18.5. The van der Waals surface area contributed by atoms with Gasteiger partial charge < -0.3 is 24.8 Å². The molecule has 3 heteroatoms. The van der Waals surface area contributed by atoms with Crippen molar-refractivity contribution in [1.29, 1.82) is 0 Å². The second-order valence-corrected chi connectivity index (χ2v) is 26.5. The number of hydrogen-bond donors (Lipinski definition) is 0. The first kappa shape index (κ1) is 45.7. The van der Waals surface area contributed by atoms with Crippen molar-refractivity contribution in [3.05, 3.63) is 225 Å². The Morgan fingerprint density at radius 2 is 0.891 bits per heavy atom. The fourth-order valence-corrected chi connectivity index (χ4v) is 19.5. The summed E-state index contributed by atoms with van der Waals surface area (Å²) in [6, 6.07) is 65.2. The van der Waals surface area contributed by atoms with Crippen LogP contribution in [0.1, 0.15) is 85.0 Å². The summed E-state index contributed by atoms with van der Waals surface area (Å²) in [5.41, 5.74) is 16.9. The van der Waals surface area contributed by atoms with Gasteiger partial charge in [0.05, 0.1) is 0 Å². The Labute approximate surface area is 401 Å². The summed E-state index contributed by atoms with van der Waals surface area (Å²) < 4.78 is 3.79. The zero-order valence-electron chi connectivity index (χ0n) is 37.9. The van der Waals surface area contributed by atoms with Crippen molar-refractivity contribution in [2.75, 3.05) is 0 Å². The molecule has 0 spiro atoms. The molecule has 10 rings (SSSR count). The Balaban J connectivity index is 0.00000280. The van der Waals surface area contributed by atoms with Crippen molar-refractivity contribution in [2.45, 2.75) is 75.3 Å². The average molecular weight is 951 g/mol. The molecule has 2 aliphatic rings. The monoisotopic (exact) mass is 948 g/mol. The minimum absolute atomic E-state index is 0. The van der Waals surface area contributed by atoms with Gasteiger partial charge >= 0.3 is 379 Å². The van der Waals surface area contributed by atoms with Gasteiger partial charge in [0.2, 0.25) is 0 Å². The number of halogens is 2. The fraction of sp³-hybridized carbons (Fsp3) is 0.197. The SMILES string of the molecule is CC(C)(C)c1cc2c(cc1-c1ccc3ccccc3c1)[CH]([Zr+2]([C]1=CC=CC1)=[C](Cc1ccccc1)Cc1ccccc1)c1cc(-c3ccc4ccccc4c3)c(C(C)(C)C)cc1-2.[Cl-].[Cl-]. The molecule has 0 saturated heterocycles. The summed E-state index contributed by atoms with van der Waals surface area (Å²) in [6.07, 6.45) is 10.4. The Morgan fingerprint density at radius 1 is 0.469 bits per heavy atom. The number of hydrogen-bond acceptors (Lipinski definition) is 0. The maximum Gasteiger partial charge on any atom is -1.00 e. The van der Waals surface area contributed by atoms with Crippen molar-refractivity contribution in [3.63, 3.8) is 0 Å². The smallest absolute Gasteiger partial charge is 1.00 e. The predicted octanol–water partition coefficient (Wildman–Crippen LogP) is 10.1. The molecule has 0 nitrogen and oxygen atoms in total. The van der Waals surface area contributed by atoms with Gasteiger partial charge in [0.25, 0.3) is 0 Å². The van der Waals surface area contributed by atoms with Crippen LogP contribution < -0.4 is 24.8 Å². The molecule has 318 valence electrons. The number of fused-ring (bicyclic) bond motifs is 5. The molecule has 0 aromatic heterocycles. The van der Waals surface area contributed by atoms with Gasteiger partial charge in [-0.1, -0.05) is 0 Å². The van der Waals surface area contributed by atoms with Crippen molar-refractivity contribution < 1.29 is 46.1 Å². The van der Waals surface area contributed by atoms with Crippen LogP contribution in [0.2, 0.25) is 0 Å². The van der Waals surface area contributed by atoms with E-state index in [-0.39, 0.29) is 35.6 Å². The summed E-state index contributed by atoms with van der Waals surface area (Å²) in [7, 11) is 0. The molecule has 0 N–H and O–H groups in total. The van der Waals surface area contributed by atoms with Crippen molar-refractivity contribution in [2.24, 2.45) is 0 Å². The normalized spacial score (nSPS) is 13.1. The number of allylic oxidation sites excluding steroid dienone is 4. The summed E-state index contributed by atoms with van der Waals surface area (Å²) in [6.45, 7) is 14.4. The minimum Gasteiger partial charge on any atom is -1.00 e. The number of benzene rings is 8. The van der Waals surface area contributed by atoms with E-state index in [4.69, 9.17) is 0 Å². The molecule has 0 fully saturated rings. The summed E-state index contributed by atoms with van der Waals surface area (Å²) in [4.78, 5) is 0. The van der Waals surface area contributed by atoms with Crippen LogP contribution in [0.25, 0.3) is 54.9 Å². The third-order valence-corrected chi connectivity index (χ3v) is 21.6. The third-order valence-electron chi connectivity index (χ3n) is 13.3. The van der Waals surface area contributed by atoms with Crippen LogP contribution in [-0.4, -0.2) is 3.21 Å². The van der Waals surface area contributed by atoms with Gasteiger partial charge in [-0.3, -0.25) is 0 Å². The van der Waals surface area contributed by atoms with Crippen molar-refractivity contribution in [3.8, 4) is 33.4 Å². The van der Waals surface area contributed by atoms with E-state index in [9.17, 15) is 0 Å². The molecule has 64 heavy (non-hydrogen) atoms. The molecule has 0 unspecified atom stereocenters. The van der Waals surface area contributed by atoms with E-state index in [1.54, 1.807) is 6.49 Å². The molecule has 8 aromatic carbocycles. The first-order valence-electron chi connectivity index (χ1n) is 22.5. The quantitative estimate of drug-likeness (QED) is 0.142. The predicted molar refractivity (Wildman–Crippen MR) is 264 cm³/mol. The Bertz CT molecular complexity index is 2910. The number of rotatable bonds is 8. The van der Waals surface area contributed by atoms with E-state index < -0.39 is 21.3 Å². The van der Waals surface area contributed by atoms with E-state index in [1.807, 2.05) is 0 Å². The summed E-state index contributed by atoms with van der Waals surface area (Å²) in [5.74, 6) is 0. The largest absolute Gasteiger partial charge is 1.00 e. The van der Waals surface area contributed by atoms with Crippen molar-refractivity contribution >= 4 is 24.8 Å². The van der Waals surface area contributed by atoms with Gasteiger partial charge in [-0.05, 0) is 0 Å². The Kier molecular flexibility index (Phi) is 13.2. The maximum absolute atomic E-state index is 2.87. The molecule has 0 heterocycles. The van der Waals surface area contributed by atoms with Crippen LogP contribution >= 0.6 is 0 Å². The maximum atomic E-state index is 2.68. The molecular weight excluding hydrogens is 895 g/mol. The van der Waals surface area contributed by atoms with Crippen molar-refractivity contribution in [1.82, 2.24) is 0 Å². The van der Waals surface area contributed by atoms with E-state index >= 15 is 0 Å². The Hall–Kier alpha value is -4.91. The minimum atomic E-state index is -2.87. The first-order chi connectivity index (χ1) is 30.0. The van der Waals surface area contributed by atoms with E-state index in [2.05, 4.69) is 230 Å². The van der Waals surface area contributed by atoms with Crippen LogP contribution in [-0.2, 0) is 44.9 Å². The van der Waals surface area contributed by atoms with Gasteiger partial charge in [-0.15, -0.1) is 0 Å².